The summed E-state index contributed by atoms with van der Waals surface area (Å²) in [6.45, 7) is 4.16. The summed E-state index contributed by atoms with van der Waals surface area (Å²) < 4.78 is 0. The van der Waals surface area contributed by atoms with Crippen LogP contribution < -0.4 is 5.46 Å². The van der Waals surface area contributed by atoms with Crippen LogP contribution in [0.25, 0.3) is 0 Å². The Morgan fingerprint density at radius 3 is 1.93 bits per heavy atom. The smallest absolute Gasteiger partial charge is 0.264 e. The number of rotatable bonds is 4. The highest BCUT2D eigenvalue weighted by molar-refractivity contribution is 6.60. The Hall–Kier alpha value is -0.875. The molecule has 0 aliphatic rings. The van der Waals surface area contributed by atoms with Gasteiger partial charge in [-0.2, -0.15) is 0 Å². The summed E-state index contributed by atoms with van der Waals surface area (Å²) in [5.74, 6) is 0.438. The molecule has 0 bridgehead atoms. The lowest BCUT2D eigenvalue weighted by Crippen LogP contribution is -2.35. The predicted octanol–water partition coefficient (Wildman–Crippen LogP) is 1.48. The van der Waals surface area contributed by atoms with E-state index >= 15 is 0 Å². The van der Waals surface area contributed by atoms with Gasteiger partial charge in [0.15, 0.2) is 0 Å². The lowest BCUT2D eigenvalue weighted by molar-refractivity contribution is -0.221. The first kappa shape index (κ1) is 11.2. The Labute approximate surface area is 83.1 Å². The van der Waals surface area contributed by atoms with Gasteiger partial charge in [0.25, 0.3) is 0 Å². The minimum absolute atomic E-state index is 0.438. The molecule has 0 aromatic heterocycles. The van der Waals surface area contributed by atoms with Crippen molar-refractivity contribution in [1.29, 1.82) is 0 Å². The molecule has 4 nitrogen and oxygen atoms in total. The summed E-state index contributed by atoms with van der Waals surface area (Å²) in [4.78, 5) is 7.83. The second kappa shape index (κ2) is 5.12. The minimum Gasteiger partial charge on any atom is -0.264 e. The van der Waals surface area contributed by atoms with E-state index in [-0.39, 0.29) is 0 Å². The van der Waals surface area contributed by atoms with Crippen LogP contribution in [0.3, 0.4) is 0 Å². The Kier molecular flexibility index (Phi) is 4.09. The maximum absolute atomic E-state index is 8.37. The fourth-order valence-corrected chi connectivity index (χ4v) is 1.18. The van der Waals surface area contributed by atoms with E-state index in [0.717, 1.165) is 0 Å². The third-order valence-electron chi connectivity index (χ3n) is 2.07. The highest BCUT2D eigenvalue weighted by Crippen LogP contribution is 2.11. The Morgan fingerprint density at radius 1 is 1.07 bits per heavy atom. The molecule has 2 N–H and O–H groups in total. The van der Waals surface area contributed by atoms with E-state index in [1.165, 1.54) is 5.56 Å². The lowest BCUT2D eigenvalue weighted by Gasteiger charge is -2.08. The molecule has 1 rings (SSSR count). The zero-order valence-corrected chi connectivity index (χ0v) is 8.18. The van der Waals surface area contributed by atoms with Crippen molar-refractivity contribution in [2.75, 3.05) is 0 Å². The Bertz CT molecular complexity index is 269. The van der Waals surface area contributed by atoms with Gasteiger partial charge in [-0.05, 0) is 16.9 Å². The second-order valence-electron chi connectivity index (χ2n) is 3.36. The zero-order chi connectivity index (χ0) is 10.6. The van der Waals surface area contributed by atoms with Gasteiger partial charge >= 0.3 is 7.12 Å². The van der Waals surface area contributed by atoms with Crippen LogP contribution in [0.2, 0.25) is 0 Å². The van der Waals surface area contributed by atoms with E-state index < -0.39 is 7.12 Å². The maximum atomic E-state index is 8.37. The Morgan fingerprint density at radius 2 is 1.57 bits per heavy atom. The van der Waals surface area contributed by atoms with Crippen LogP contribution in [0.5, 0.6) is 0 Å². The maximum Gasteiger partial charge on any atom is 0.554 e. The van der Waals surface area contributed by atoms with E-state index in [1.807, 2.05) is 12.1 Å². The summed E-state index contributed by atoms with van der Waals surface area (Å²) in [7, 11) is -1.14. The monoisotopic (exact) mass is 196 g/mol. The largest absolute Gasteiger partial charge is 0.554 e. The standard InChI is InChI=1S/C9H13BO4/c1-7(2)8-3-5-9(6-4-8)10(13-11)14-12/h3-7,11-12H,1-2H3. The molecule has 0 aliphatic heterocycles. The molecule has 76 valence electrons. The Balaban J connectivity index is 2.81. The quantitative estimate of drug-likeness (QED) is 0.435. The molecule has 0 aliphatic carbocycles. The van der Waals surface area contributed by atoms with E-state index in [2.05, 4.69) is 23.5 Å². The zero-order valence-electron chi connectivity index (χ0n) is 8.18. The van der Waals surface area contributed by atoms with Gasteiger partial charge < -0.3 is 0 Å². The summed E-state index contributed by atoms with van der Waals surface area (Å²) in [5.41, 5.74) is 1.72. The molecule has 0 unspecified atom stereocenters. The highest BCUT2D eigenvalue weighted by atomic mass is 17.2. The fraction of sp³-hybridized carbons (Fsp3) is 0.333. The fourth-order valence-electron chi connectivity index (χ4n) is 1.18. The van der Waals surface area contributed by atoms with Gasteiger partial charge in [-0.15, -0.1) is 0 Å². The van der Waals surface area contributed by atoms with E-state index in [0.29, 0.717) is 11.4 Å². The van der Waals surface area contributed by atoms with Crippen LogP contribution in [-0.2, 0) is 9.61 Å². The van der Waals surface area contributed by atoms with Crippen LogP contribution in [0.4, 0.5) is 0 Å². The molecule has 0 radical (unpaired) electrons. The van der Waals surface area contributed by atoms with Crippen LogP contribution in [0, 0.1) is 0 Å². The predicted molar refractivity (Wildman–Crippen MR) is 53.3 cm³/mol. The molecule has 14 heavy (non-hydrogen) atoms. The molecule has 0 fully saturated rings. The van der Waals surface area contributed by atoms with Crippen molar-refractivity contribution >= 4 is 12.6 Å². The normalized spacial score (nSPS) is 10.6. The van der Waals surface area contributed by atoms with E-state index in [9.17, 15) is 0 Å². The van der Waals surface area contributed by atoms with E-state index in [4.69, 9.17) is 10.5 Å². The van der Waals surface area contributed by atoms with Gasteiger partial charge in [0, 0.05) is 0 Å². The SMILES string of the molecule is CC(C)c1ccc(B(OO)OO)cc1. The molecule has 1 aromatic carbocycles. The summed E-state index contributed by atoms with van der Waals surface area (Å²) in [6, 6.07) is 7.24. The van der Waals surface area contributed by atoms with Crippen LogP contribution in [0.1, 0.15) is 25.3 Å². The molecule has 5 heteroatoms. The second-order valence-corrected chi connectivity index (χ2v) is 3.36. The van der Waals surface area contributed by atoms with Crippen molar-refractivity contribution in [1.82, 2.24) is 0 Å². The minimum atomic E-state index is -1.14. The van der Waals surface area contributed by atoms with Crippen molar-refractivity contribution in [2.45, 2.75) is 19.8 Å². The lowest BCUT2D eigenvalue weighted by atomic mass is 9.79. The third-order valence-corrected chi connectivity index (χ3v) is 2.07. The van der Waals surface area contributed by atoms with Gasteiger partial charge in [0.2, 0.25) is 0 Å². The first-order valence-electron chi connectivity index (χ1n) is 4.39. The topological polar surface area (TPSA) is 58.9 Å². The molecule has 0 atom stereocenters. The number of benzene rings is 1. The molecule has 0 heterocycles. The average molecular weight is 196 g/mol. The molecular formula is C9H13BO4. The van der Waals surface area contributed by atoms with Gasteiger partial charge in [0.1, 0.15) is 0 Å². The molecule has 0 saturated heterocycles. The van der Waals surface area contributed by atoms with Crippen molar-refractivity contribution in [2.24, 2.45) is 0 Å². The average Bonchev–Trinajstić information content (AvgIpc) is 2.20. The van der Waals surface area contributed by atoms with Gasteiger partial charge in [-0.25, -0.2) is 0 Å². The third kappa shape index (κ3) is 2.56. The van der Waals surface area contributed by atoms with Crippen molar-refractivity contribution in [3.05, 3.63) is 29.8 Å². The molecular weight excluding hydrogens is 183 g/mol. The van der Waals surface area contributed by atoms with Gasteiger partial charge in [-0.3, -0.25) is 20.1 Å². The highest BCUT2D eigenvalue weighted by Gasteiger charge is 2.21. The first-order chi connectivity index (χ1) is 6.69. The van der Waals surface area contributed by atoms with Gasteiger partial charge in [-0.1, -0.05) is 38.1 Å². The summed E-state index contributed by atoms with van der Waals surface area (Å²) in [5, 5.41) is 16.7. The van der Waals surface area contributed by atoms with Crippen molar-refractivity contribution in [3.63, 3.8) is 0 Å². The number of hydrogen-bond acceptors (Lipinski definition) is 4. The first-order valence-corrected chi connectivity index (χ1v) is 4.39. The van der Waals surface area contributed by atoms with Crippen LogP contribution in [0.15, 0.2) is 24.3 Å². The van der Waals surface area contributed by atoms with Crippen molar-refractivity contribution in [3.8, 4) is 0 Å². The van der Waals surface area contributed by atoms with Crippen molar-refractivity contribution < 1.29 is 20.1 Å². The van der Waals surface area contributed by atoms with Crippen LogP contribution >= 0.6 is 0 Å². The number of hydrogen-bond donors (Lipinski definition) is 2. The van der Waals surface area contributed by atoms with E-state index in [1.54, 1.807) is 12.1 Å². The van der Waals surface area contributed by atoms with Gasteiger partial charge in [0.05, 0.1) is 0 Å². The summed E-state index contributed by atoms with van der Waals surface area (Å²) >= 11 is 0. The molecule has 0 saturated carbocycles. The molecule has 1 aromatic rings. The molecule has 0 amide bonds. The molecule has 0 spiro atoms. The van der Waals surface area contributed by atoms with Crippen LogP contribution in [-0.4, -0.2) is 17.6 Å². The summed E-state index contributed by atoms with van der Waals surface area (Å²) in [6.07, 6.45) is 0.